The van der Waals surface area contributed by atoms with Crippen molar-refractivity contribution in [3.8, 4) is 0 Å². The van der Waals surface area contributed by atoms with Gasteiger partial charge in [0.15, 0.2) is 0 Å². The molecule has 146 valence electrons. The number of nitrogens with zero attached hydrogens (tertiary/aromatic N) is 2. The maximum Gasteiger partial charge on any atom is 0.416 e. The van der Waals surface area contributed by atoms with Gasteiger partial charge in [-0.05, 0) is 25.0 Å². The lowest BCUT2D eigenvalue weighted by Crippen LogP contribution is -2.52. The Hall–Kier alpha value is -2.42. The standard InChI is InChI=1S/C18H20F3N3O3/c19-18(20,21)13-3-1-12(2-4-13)16(26)17(27)22-11-15(25)24-9-7-23(8-10-24)14-5-6-14/h1-4,14H,5-11H2,(H,22,27). The minimum atomic E-state index is -4.51. The highest BCUT2D eigenvalue weighted by Crippen LogP contribution is 2.29. The molecular weight excluding hydrogens is 363 g/mol. The largest absolute Gasteiger partial charge is 0.416 e. The number of carbonyl (C=O) groups excluding carboxylic acids is 3. The first-order valence-corrected chi connectivity index (χ1v) is 8.77. The maximum atomic E-state index is 12.5. The van der Waals surface area contributed by atoms with Gasteiger partial charge in [0.25, 0.3) is 5.91 Å². The molecule has 2 aliphatic rings. The van der Waals surface area contributed by atoms with E-state index in [9.17, 15) is 27.6 Å². The van der Waals surface area contributed by atoms with E-state index < -0.39 is 23.4 Å². The molecule has 9 heteroatoms. The van der Waals surface area contributed by atoms with Crippen molar-refractivity contribution in [1.82, 2.24) is 15.1 Å². The zero-order valence-corrected chi connectivity index (χ0v) is 14.6. The molecule has 0 aromatic heterocycles. The summed E-state index contributed by atoms with van der Waals surface area (Å²) < 4.78 is 37.6. The first-order chi connectivity index (χ1) is 12.8. The average Bonchev–Trinajstić information content (AvgIpc) is 3.50. The fourth-order valence-electron chi connectivity index (χ4n) is 3.07. The van der Waals surface area contributed by atoms with Crippen molar-refractivity contribution in [1.29, 1.82) is 0 Å². The Morgan fingerprint density at radius 3 is 2.11 bits per heavy atom. The predicted molar refractivity (Wildman–Crippen MR) is 90.0 cm³/mol. The summed E-state index contributed by atoms with van der Waals surface area (Å²) in [6.45, 7) is 2.45. The van der Waals surface area contributed by atoms with Gasteiger partial charge >= 0.3 is 6.18 Å². The van der Waals surface area contributed by atoms with Crippen molar-refractivity contribution in [2.75, 3.05) is 32.7 Å². The van der Waals surface area contributed by atoms with Gasteiger partial charge in [-0.15, -0.1) is 0 Å². The van der Waals surface area contributed by atoms with Crippen LogP contribution < -0.4 is 5.32 Å². The molecule has 0 unspecified atom stereocenters. The second kappa shape index (κ2) is 7.67. The van der Waals surface area contributed by atoms with Crippen LogP contribution in [0, 0.1) is 0 Å². The highest BCUT2D eigenvalue weighted by molar-refractivity contribution is 6.43. The number of Topliss-reactive ketones (excluding diaryl/α,β-unsaturated/α-hetero) is 1. The van der Waals surface area contributed by atoms with Crippen LogP contribution in [0.4, 0.5) is 13.2 Å². The number of benzene rings is 1. The minimum Gasteiger partial charge on any atom is -0.340 e. The summed E-state index contributed by atoms with van der Waals surface area (Å²) >= 11 is 0. The van der Waals surface area contributed by atoms with E-state index >= 15 is 0 Å². The highest BCUT2D eigenvalue weighted by Gasteiger charge is 2.33. The van der Waals surface area contributed by atoms with E-state index in [4.69, 9.17) is 0 Å². The molecule has 1 N–H and O–H groups in total. The molecule has 0 spiro atoms. The molecule has 1 aliphatic carbocycles. The minimum absolute atomic E-state index is 0.161. The number of ketones is 1. The number of carbonyl (C=O) groups is 3. The molecular formula is C18H20F3N3O3. The van der Waals surface area contributed by atoms with Gasteiger partial charge in [0.05, 0.1) is 12.1 Å². The summed E-state index contributed by atoms with van der Waals surface area (Å²) in [6, 6.07) is 4.02. The van der Waals surface area contributed by atoms with Gasteiger partial charge in [0, 0.05) is 37.8 Å². The van der Waals surface area contributed by atoms with Crippen LogP contribution in [-0.2, 0) is 15.8 Å². The fraction of sp³-hybridized carbons (Fsp3) is 0.500. The number of alkyl halides is 3. The lowest BCUT2D eigenvalue weighted by atomic mass is 10.1. The van der Waals surface area contributed by atoms with Crippen LogP contribution in [0.5, 0.6) is 0 Å². The molecule has 1 saturated heterocycles. The zero-order valence-electron chi connectivity index (χ0n) is 14.6. The van der Waals surface area contributed by atoms with Crippen LogP contribution in [0.25, 0.3) is 0 Å². The second-order valence-electron chi connectivity index (χ2n) is 6.73. The molecule has 27 heavy (non-hydrogen) atoms. The van der Waals surface area contributed by atoms with Gasteiger partial charge < -0.3 is 10.2 Å². The van der Waals surface area contributed by atoms with Crippen molar-refractivity contribution < 1.29 is 27.6 Å². The van der Waals surface area contributed by atoms with Gasteiger partial charge in [-0.1, -0.05) is 12.1 Å². The molecule has 2 fully saturated rings. The quantitative estimate of drug-likeness (QED) is 0.615. The first kappa shape index (κ1) is 19.3. The van der Waals surface area contributed by atoms with Gasteiger partial charge in [0.1, 0.15) is 0 Å². The summed E-state index contributed by atoms with van der Waals surface area (Å²) in [7, 11) is 0. The fourth-order valence-corrected chi connectivity index (χ4v) is 3.07. The predicted octanol–water partition coefficient (Wildman–Crippen LogP) is 1.31. The molecule has 0 bridgehead atoms. The Balaban J connectivity index is 1.47. The van der Waals surface area contributed by atoms with E-state index in [0.717, 1.165) is 37.4 Å². The monoisotopic (exact) mass is 383 g/mol. The molecule has 2 amide bonds. The number of piperazine rings is 1. The number of nitrogens with one attached hydrogen (secondary N) is 1. The summed E-state index contributed by atoms with van der Waals surface area (Å²) in [5, 5.41) is 2.25. The lowest BCUT2D eigenvalue weighted by Gasteiger charge is -2.34. The maximum absolute atomic E-state index is 12.5. The van der Waals surface area contributed by atoms with Crippen molar-refractivity contribution >= 4 is 17.6 Å². The van der Waals surface area contributed by atoms with E-state index in [-0.39, 0.29) is 18.0 Å². The first-order valence-electron chi connectivity index (χ1n) is 8.77. The summed E-state index contributed by atoms with van der Waals surface area (Å²) in [5.74, 6) is -2.27. The van der Waals surface area contributed by atoms with Crippen LogP contribution in [0.3, 0.4) is 0 Å². The second-order valence-corrected chi connectivity index (χ2v) is 6.73. The van der Waals surface area contributed by atoms with E-state index in [1.165, 1.54) is 12.8 Å². The molecule has 6 nitrogen and oxygen atoms in total. The molecule has 1 aliphatic heterocycles. The Morgan fingerprint density at radius 1 is 1.00 bits per heavy atom. The molecule has 3 rings (SSSR count). The number of hydrogen-bond acceptors (Lipinski definition) is 4. The number of hydrogen-bond donors (Lipinski definition) is 1. The highest BCUT2D eigenvalue weighted by atomic mass is 19.4. The molecule has 1 aromatic carbocycles. The average molecular weight is 383 g/mol. The van der Waals surface area contributed by atoms with E-state index in [1.807, 2.05) is 0 Å². The molecule has 1 heterocycles. The van der Waals surface area contributed by atoms with Gasteiger partial charge in [-0.3, -0.25) is 19.3 Å². The Bertz CT molecular complexity index is 722. The van der Waals surface area contributed by atoms with Crippen molar-refractivity contribution in [3.63, 3.8) is 0 Å². The summed E-state index contributed by atoms with van der Waals surface area (Å²) in [4.78, 5) is 40.0. The molecule has 0 radical (unpaired) electrons. The number of rotatable bonds is 5. The Kier molecular flexibility index (Phi) is 5.50. The normalized spacial score (nSPS) is 18.3. The van der Waals surface area contributed by atoms with Crippen molar-refractivity contribution in [2.24, 2.45) is 0 Å². The van der Waals surface area contributed by atoms with Gasteiger partial charge in [0.2, 0.25) is 11.7 Å². The Labute approximate surface area is 154 Å². The van der Waals surface area contributed by atoms with Crippen molar-refractivity contribution in [3.05, 3.63) is 35.4 Å². The summed E-state index contributed by atoms with van der Waals surface area (Å²) in [5.41, 5.74) is -1.06. The topological polar surface area (TPSA) is 69.7 Å². The third kappa shape index (κ3) is 4.85. The van der Waals surface area contributed by atoms with Crippen LogP contribution in [-0.4, -0.2) is 66.2 Å². The van der Waals surface area contributed by atoms with Crippen molar-refractivity contribution in [2.45, 2.75) is 25.1 Å². The number of amides is 2. The van der Waals surface area contributed by atoms with E-state index in [0.29, 0.717) is 19.1 Å². The lowest BCUT2D eigenvalue weighted by molar-refractivity contribution is -0.137. The SMILES string of the molecule is O=C(NCC(=O)N1CCN(C2CC2)CC1)C(=O)c1ccc(C(F)(F)F)cc1. The van der Waals surface area contributed by atoms with Crippen LogP contribution in [0.1, 0.15) is 28.8 Å². The molecule has 0 atom stereocenters. The Morgan fingerprint density at radius 2 is 1.59 bits per heavy atom. The van der Waals surface area contributed by atoms with Gasteiger partial charge in [-0.2, -0.15) is 13.2 Å². The van der Waals surface area contributed by atoms with E-state index in [2.05, 4.69) is 10.2 Å². The number of halogens is 3. The third-order valence-corrected chi connectivity index (χ3v) is 4.81. The van der Waals surface area contributed by atoms with Crippen LogP contribution >= 0.6 is 0 Å². The summed E-state index contributed by atoms with van der Waals surface area (Å²) in [6.07, 6.45) is -2.11. The molecule has 1 aromatic rings. The van der Waals surface area contributed by atoms with Crippen LogP contribution in [0.2, 0.25) is 0 Å². The zero-order chi connectivity index (χ0) is 19.6. The van der Waals surface area contributed by atoms with Gasteiger partial charge in [-0.25, -0.2) is 0 Å². The third-order valence-electron chi connectivity index (χ3n) is 4.81. The smallest absolute Gasteiger partial charge is 0.340 e. The van der Waals surface area contributed by atoms with E-state index in [1.54, 1.807) is 4.90 Å². The molecule has 1 saturated carbocycles. The van der Waals surface area contributed by atoms with Crippen LogP contribution in [0.15, 0.2) is 24.3 Å².